The smallest absolute Gasteiger partial charge is 0.224 e. The number of hydrogen-bond donors (Lipinski definition) is 3. The van der Waals surface area contributed by atoms with Crippen molar-refractivity contribution in [2.75, 3.05) is 12.4 Å². The van der Waals surface area contributed by atoms with E-state index in [1.54, 1.807) is 18.2 Å². The molecule has 0 spiro atoms. The standard InChI is InChI=1S/C13H19N3O3/c1-8(2)6-12(17)15-10-5-4-9(13(14)16-18)7-11(10)19-3/h4-5,7-8,18H,6H2,1-3H3,(H2,14,16)(H,15,17). The Bertz CT molecular complexity index is 484. The Morgan fingerprint density at radius 1 is 1.53 bits per heavy atom. The molecule has 6 nitrogen and oxygen atoms in total. The van der Waals surface area contributed by atoms with Crippen LogP contribution in [-0.2, 0) is 4.79 Å². The highest BCUT2D eigenvalue weighted by Crippen LogP contribution is 2.25. The molecule has 0 atom stereocenters. The Labute approximate surface area is 112 Å². The molecule has 104 valence electrons. The molecule has 4 N–H and O–H groups in total. The summed E-state index contributed by atoms with van der Waals surface area (Å²) in [4.78, 5) is 11.7. The van der Waals surface area contributed by atoms with E-state index in [9.17, 15) is 4.79 Å². The van der Waals surface area contributed by atoms with Gasteiger partial charge in [0.25, 0.3) is 0 Å². The van der Waals surface area contributed by atoms with Gasteiger partial charge < -0.3 is 21.0 Å². The molecule has 0 aromatic heterocycles. The van der Waals surface area contributed by atoms with Crippen molar-refractivity contribution < 1.29 is 14.7 Å². The lowest BCUT2D eigenvalue weighted by molar-refractivity contribution is -0.116. The van der Waals surface area contributed by atoms with Crippen LogP contribution in [-0.4, -0.2) is 24.1 Å². The van der Waals surface area contributed by atoms with Gasteiger partial charge in [-0.05, 0) is 24.1 Å². The predicted octanol–water partition coefficient (Wildman–Crippen LogP) is 1.77. The van der Waals surface area contributed by atoms with Gasteiger partial charge in [0.1, 0.15) is 5.75 Å². The maximum Gasteiger partial charge on any atom is 0.224 e. The van der Waals surface area contributed by atoms with Gasteiger partial charge in [-0.1, -0.05) is 19.0 Å². The highest BCUT2D eigenvalue weighted by molar-refractivity contribution is 5.99. The molecular weight excluding hydrogens is 246 g/mol. The van der Waals surface area contributed by atoms with E-state index in [0.717, 1.165) is 0 Å². The third-order valence-electron chi connectivity index (χ3n) is 2.47. The van der Waals surface area contributed by atoms with Gasteiger partial charge in [0.05, 0.1) is 12.8 Å². The average Bonchev–Trinajstić information content (AvgIpc) is 2.37. The van der Waals surface area contributed by atoms with Crippen LogP contribution in [0.3, 0.4) is 0 Å². The summed E-state index contributed by atoms with van der Waals surface area (Å²) >= 11 is 0. The number of anilines is 1. The lowest BCUT2D eigenvalue weighted by Crippen LogP contribution is -2.16. The molecule has 0 aliphatic carbocycles. The molecule has 0 saturated heterocycles. The van der Waals surface area contributed by atoms with Crippen molar-refractivity contribution in [2.45, 2.75) is 20.3 Å². The lowest BCUT2D eigenvalue weighted by atomic mass is 10.1. The summed E-state index contributed by atoms with van der Waals surface area (Å²) in [5.74, 6) is 0.645. The molecule has 19 heavy (non-hydrogen) atoms. The van der Waals surface area contributed by atoms with Crippen LogP contribution >= 0.6 is 0 Å². The number of carbonyl (C=O) groups excluding carboxylic acids is 1. The first kappa shape index (κ1) is 14.8. The molecule has 0 bridgehead atoms. The Balaban J connectivity index is 2.93. The summed E-state index contributed by atoms with van der Waals surface area (Å²) < 4.78 is 5.18. The second kappa shape index (κ2) is 6.63. The topological polar surface area (TPSA) is 96.9 Å². The van der Waals surface area contributed by atoms with Crippen LogP contribution in [0.4, 0.5) is 5.69 Å². The van der Waals surface area contributed by atoms with Crippen molar-refractivity contribution in [3.8, 4) is 5.75 Å². The monoisotopic (exact) mass is 265 g/mol. The number of benzene rings is 1. The maximum atomic E-state index is 11.7. The van der Waals surface area contributed by atoms with Crippen molar-refractivity contribution in [1.29, 1.82) is 0 Å². The number of hydrogen-bond acceptors (Lipinski definition) is 4. The van der Waals surface area contributed by atoms with Crippen molar-refractivity contribution in [3.63, 3.8) is 0 Å². The number of methoxy groups -OCH3 is 1. The number of carbonyl (C=O) groups is 1. The summed E-state index contributed by atoms with van der Waals surface area (Å²) in [7, 11) is 1.49. The average molecular weight is 265 g/mol. The van der Waals surface area contributed by atoms with Crippen molar-refractivity contribution in [2.24, 2.45) is 16.8 Å². The molecule has 6 heteroatoms. The highest BCUT2D eigenvalue weighted by Gasteiger charge is 2.11. The molecule has 1 rings (SSSR count). The molecule has 0 aliphatic heterocycles. The summed E-state index contributed by atoms with van der Waals surface area (Å²) in [6, 6.07) is 4.90. The number of nitrogens with two attached hydrogens (primary N) is 1. The summed E-state index contributed by atoms with van der Waals surface area (Å²) in [5, 5.41) is 14.3. The number of nitrogens with one attached hydrogen (secondary N) is 1. The first-order valence-corrected chi connectivity index (χ1v) is 5.93. The number of amidine groups is 1. The maximum absolute atomic E-state index is 11.7. The fourth-order valence-electron chi connectivity index (χ4n) is 1.58. The minimum Gasteiger partial charge on any atom is -0.495 e. The van der Waals surface area contributed by atoms with Crippen molar-refractivity contribution >= 4 is 17.4 Å². The fraction of sp³-hybridized carbons (Fsp3) is 0.385. The van der Waals surface area contributed by atoms with E-state index in [0.29, 0.717) is 23.4 Å². The molecule has 0 radical (unpaired) electrons. The zero-order valence-corrected chi connectivity index (χ0v) is 11.3. The summed E-state index contributed by atoms with van der Waals surface area (Å²) in [6.07, 6.45) is 0.436. The van der Waals surface area contributed by atoms with Gasteiger partial charge >= 0.3 is 0 Å². The van der Waals surface area contributed by atoms with Crippen LogP contribution < -0.4 is 15.8 Å². The third kappa shape index (κ3) is 4.17. The van der Waals surface area contributed by atoms with Gasteiger partial charge in [0, 0.05) is 12.0 Å². The van der Waals surface area contributed by atoms with Gasteiger partial charge in [-0.3, -0.25) is 4.79 Å². The van der Waals surface area contributed by atoms with E-state index in [-0.39, 0.29) is 17.7 Å². The van der Waals surface area contributed by atoms with Crippen LogP contribution in [0.15, 0.2) is 23.4 Å². The van der Waals surface area contributed by atoms with Crippen LogP contribution in [0, 0.1) is 5.92 Å². The van der Waals surface area contributed by atoms with Crippen LogP contribution in [0.1, 0.15) is 25.8 Å². The molecule has 0 aliphatic rings. The first-order chi connectivity index (χ1) is 8.97. The lowest BCUT2D eigenvalue weighted by Gasteiger charge is -2.12. The summed E-state index contributed by atoms with van der Waals surface area (Å²) in [5.41, 5.74) is 6.57. The third-order valence-corrected chi connectivity index (χ3v) is 2.47. The number of ether oxygens (including phenoxy) is 1. The van der Waals surface area contributed by atoms with E-state index in [1.807, 2.05) is 13.8 Å². The quantitative estimate of drug-likeness (QED) is 0.327. The second-order valence-electron chi connectivity index (χ2n) is 4.55. The fourth-order valence-corrected chi connectivity index (χ4v) is 1.58. The minimum atomic E-state index is -0.0788. The zero-order valence-electron chi connectivity index (χ0n) is 11.3. The Kier molecular flexibility index (Phi) is 5.17. The number of nitrogens with zero attached hydrogens (tertiary/aromatic N) is 1. The van der Waals surface area contributed by atoms with Gasteiger partial charge in [-0.25, -0.2) is 0 Å². The van der Waals surface area contributed by atoms with E-state index >= 15 is 0 Å². The van der Waals surface area contributed by atoms with Gasteiger partial charge in [-0.2, -0.15) is 0 Å². The predicted molar refractivity (Wildman–Crippen MR) is 73.6 cm³/mol. The largest absolute Gasteiger partial charge is 0.495 e. The van der Waals surface area contributed by atoms with Crippen molar-refractivity contribution in [3.05, 3.63) is 23.8 Å². The van der Waals surface area contributed by atoms with Gasteiger partial charge in [0.15, 0.2) is 5.84 Å². The number of amides is 1. The summed E-state index contributed by atoms with van der Waals surface area (Å²) in [6.45, 7) is 3.94. The van der Waals surface area contributed by atoms with Crippen LogP contribution in [0.5, 0.6) is 5.75 Å². The van der Waals surface area contributed by atoms with Gasteiger partial charge in [-0.15, -0.1) is 0 Å². The first-order valence-electron chi connectivity index (χ1n) is 5.93. The molecule has 0 saturated carbocycles. The molecule has 1 amide bonds. The Hall–Kier alpha value is -2.24. The van der Waals surface area contributed by atoms with E-state index in [4.69, 9.17) is 15.7 Å². The van der Waals surface area contributed by atoms with E-state index in [1.165, 1.54) is 7.11 Å². The highest BCUT2D eigenvalue weighted by atomic mass is 16.5. The molecule has 0 unspecified atom stereocenters. The van der Waals surface area contributed by atoms with E-state index in [2.05, 4.69) is 10.5 Å². The molecule has 0 fully saturated rings. The SMILES string of the molecule is COc1cc(/C(N)=N/O)ccc1NC(=O)CC(C)C. The molecular formula is C13H19N3O3. The Morgan fingerprint density at radius 3 is 2.74 bits per heavy atom. The van der Waals surface area contributed by atoms with Gasteiger partial charge in [0.2, 0.25) is 5.91 Å². The number of oxime groups is 1. The zero-order chi connectivity index (χ0) is 14.4. The Morgan fingerprint density at radius 2 is 2.21 bits per heavy atom. The van der Waals surface area contributed by atoms with E-state index < -0.39 is 0 Å². The van der Waals surface area contributed by atoms with Crippen LogP contribution in [0.25, 0.3) is 0 Å². The van der Waals surface area contributed by atoms with Crippen LogP contribution in [0.2, 0.25) is 0 Å². The molecule has 1 aromatic carbocycles. The normalized spacial score (nSPS) is 11.5. The molecule has 1 aromatic rings. The minimum absolute atomic E-state index is 0.0154. The molecule has 0 heterocycles. The number of rotatable bonds is 5. The van der Waals surface area contributed by atoms with Crippen molar-refractivity contribution in [1.82, 2.24) is 0 Å². The second-order valence-corrected chi connectivity index (χ2v) is 4.55.